The zero-order valence-electron chi connectivity index (χ0n) is 15.8. The Morgan fingerprint density at radius 3 is 2.57 bits per heavy atom. The molecule has 1 saturated heterocycles. The number of urea groups is 1. The second kappa shape index (κ2) is 7.84. The molecule has 0 aliphatic carbocycles. The molecule has 4 rings (SSSR count). The van der Waals surface area contributed by atoms with Crippen LogP contribution in [0.2, 0.25) is 0 Å². The van der Waals surface area contributed by atoms with Crippen LogP contribution in [0.25, 0.3) is 10.9 Å². The van der Waals surface area contributed by atoms with Crippen LogP contribution >= 0.6 is 0 Å². The van der Waals surface area contributed by atoms with E-state index in [9.17, 15) is 9.18 Å². The number of nitrogens with one attached hydrogen (secondary N) is 2. The van der Waals surface area contributed by atoms with E-state index in [0.717, 1.165) is 42.5 Å². The highest BCUT2D eigenvalue weighted by atomic mass is 19.1. The number of hydrogen-bond acceptors (Lipinski definition) is 3. The predicted molar refractivity (Wildman–Crippen MR) is 110 cm³/mol. The minimum absolute atomic E-state index is 0.117. The lowest BCUT2D eigenvalue weighted by molar-refractivity contribution is 0.246. The third kappa shape index (κ3) is 4.06. The number of amides is 2. The van der Waals surface area contributed by atoms with Crippen LogP contribution in [0.5, 0.6) is 0 Å². The van der Waals surface area contributed by atoms with Gasteiger partial charge in [-0.3, -0.25) is 4.98 Å². The zero-order chi connectivity index (χ0) is 19.5. The van der Waals surface area contributed by atoms with Gasteiger partial charge in [-0.05, 0) is 56.2 Å². The molecule has 0 radical (unpaired) electrons. The van der Waals surface area contributed by atoms with Crippen molar-refractivity contribution in [1.82, 2.24) is 10.3 Å². The normalized spacial score (nSPS) is 14.9. The van der Waals surface area contributed by atoms with Crippen molar-refractivity contribution in [3.63, 3.8) is 0 Å². The summed E-state index contributed by atoms with van der Waals surface area (Å²) < 4.78 is 13.0. The standard InChI is InChI=1S/C22H23FN4O/c1-15-14-21(19-4-2-3-5-20(19)24-15)27-12-10-18(11-13-27)26-22(28)25-17-8-6-16(23)7-9-17/h2-9,14,18H,10-13H2,1H3,(H2,25,26,28). The first-order valence-corrected chi connectivity index (χ1v) is 9.53. The number of halogens is 1. The number of benzene rings is 2. The second-order valence-electron chi connectivity index (χ2n) is 7.17. The van der Waals surface area contributed by atoms with Crippen LogP contribution < -0.4 is 15.5 Å². The Balaban J connectivity index is 1.37. The van der Waals surface area contributed by atoms with Crippen molar-refractivity contribution < 1.29 is 9.18 Å². The number of piperidine rings is 1. The molecule has 6 heteroatoms. The first kappa shape index (κ1) is 18.2. The van der Waals surface area contributed by atoms with E-state index in [1.54, 1.807) is 12.1 Å². The number of hydrogen-bond donors (Lipinski definition) is 2. The summed E-state index contributed by atoms with van der Waals surface area (Å²) in [6.07, 6.45) is 1.74. The van der Waals surface area contributed by atoms with Gasteiger partial charge in [0.15, 0.2) is 0 Å². The summed E-state index contributed by atoms with van der Waals surface area (Å²) in [5.74, 6) is -0.322. The highest BCUT2D eigenvalue weighted by molar-refractivity contribution is 5.92. The first-order valence-electron chi connectivity index (χ1n) is 9.53. The van der Waals surface area contributed by atoms with Gasteiger partial charge in [-0.25, -0.2) is 9.18 Å². The van der Waals surface area contributed by atoms with Crippen molar-refractivity contribution in [2.45, 2.75) is 25.8 Å². The Labute approximate surface area is 163 Å². The Kier molecular flexibility index (Phi) is 5.10. The van der Waals surface area contributed by atoms with Gasteiger partial charge in [-0.15, -0.1) is 0 Å². The van der Waals surface area contributed by atoms with Crippen LogP contribution in [0.4, 0.5) is 20.6 Å². The number of pyridine rings is 1. The van der Waals surface area contributed by atoms with Crippen molar-refractivity contribution in [2.24, 2.45) is 0 Å². The fraction of sp³-hybridized carbons (Fsp3) is 0.273. The summed E-state index contributed by atoms with van der Waals surface area (Å²) in [6.45, 7) is 3.76. The van der Waals surface area contributed by atoms with E-state index in [2.05, 4.69) is 32.7 Å². The molecule has 2 N–H and O–H groups in total. The molecular weight excluding hydrogens is 355 g/mol. The van der Waals surface area contributed by atoms with Gasteiger partial charge < -0.3 is 15.5 Å². The molecule has 2 aromatic carbocycles. The van der Waals surface area contributed by atoms with E-state index in [4.69, 9.17) is 0 Å². The maximum absolute atomic E-state index is 13.0. The lowest BCUT2D eigenvalue weighted by atomic mass is 10.0. The molecule has 1 aromatic heterocycles. The summed E-state index contributed by atoms with van der Waals surface area (Å²) in [6, 6.07) is 16.0. The molecular formula is C22H23FN4O. The average molecular weight is 378 g/mol. The molecule has 0 bridgehead atoms. The van der Waals surface area contributed by atoms with Gasteiger partial charge in [0.25, 0.3) is 0 Å². The Morgan fingerprint density at radius 1 is 1.11 bits per heavy atom. The Hall–Kier alpha value is -3.15. The third-order valence-electron chi connectivity index (χ3n) is 5.10. The van der Waals surface area contributed by atoms with Gasteiger partial charge in [0, 0.05) is 41.6 Å². The van der Waals surface area contributed by atoms with Crippen molar-refractivity contribution >= 4 is 28.3 Å². The van der Waals surface area contributed by atoms with E-state index in [1.807, 2.05) is 25.1 Å². The number of fused-ring (bicyclic) bond motifs is 1. The van der Waals surface area contributed by atoms with Crippen molar-refractivity contribution in [2.75, 3.05) is 23.3 Å². The monoisotopic (exact) mass is 378 g/mol. The highest BCUT2D eigenvalue weighted by Crippen LogP contribution is 2.29. The summed E-state index contributed by atoms with van der Waals surface area (Å²) >= 11 is 0. The van der Waals surface area contributed by atoms with Gasteiger partial charge in [-0.1, -0.05) is 18.2 Å². The number of carbonyl (C=O) groups excluding carboxylic acids is 1. The van der Waals surface area contributed by atoms with Crippen LogP contribution in [0.15, 0.2) is 54.6 Å². The quantitative estimate of drug-likeness (QED) is 0.707. The molecule has 1 aliphatic heterocycles. The van der Waals surface area contributed by atoms with Crippen molar-refractivity contribution in [1.29, 1.82) is 0 Å². The van der Waals surface area contributed by atoms with E-state index in [1.165, 1.54) is 17.8 Å². The second-order valence-corrected chi connectivity index (χ2v) is 7.17. The minimum atomic E-state index is -0.322. The smallest absolute Gasteiger partial charge is 0.319 e. The summed E-state index contributed by atoms with van der Waals surface area (Å²) in [7, 11) is 0. The number of carbonyl (C=O) groups is 1. The van der Waals surface area contributed by atoms with Gasteiger partial charge in [0.05, 0.1) is 5.52 Å². The molecule has 2 amide bonds. The van der Waals surface area contributed by atoms with Crippen LogP contribution in [0.3, 0.4) is 0 Å². The predicted octanol–water partition coefficient (Wildman–Crippen LogP) is 4.47. The summed E-state index contributed by atoms with van der Waals surface area (Å²) in [4.78, 5) is 19.2. The lowest BCUT2D eigenvalue weighted by Gasteiger charge is -2.34. The average Bonchev–Trinajstić information content (AvgIpc) is 2.70. The van der Waals surface area contributed by atoms with Gasteiger partial charge >= 0.3 is 6.03 Å². The summed E-state index contributed by atoms with van der Waals surface area (Å²) in [5.41, 5.74) is 3.80. The SMILES string of the molecule is Cc1cc(N2CCC(NC(=O)Nc3ccc(F)cc3)CC2)c2ccccc2n1. The maximum Gasteiger partial charge on any atom is 0.319 e. The maximum atomic E-state index is 13.0. The molecule has 1 fully saturated rings. The summed E-state index contributed by atoms with van der Waals surface area (Å²) in [5, 5.41) is 6.93. The number of nitrogens with zero attached hydrogens (tertiary/aromatic N) is 2. The highest BCUT2D eigenvalue weighted by Gasteiger charge is 2.22. The molecule has 0 atom stereocenters. The fourth-order valence-corrected chi connectivity index (χ4v) is 3.70. The van der Waals surface area contributed by atoms with Crippen LogP contribution in [0, 0.1) is 12.7 Å². The van der Waals surface area contributed by atoms with Crippen LogP contribution in [0.1, 0.15) is 18.5 Å². The fourth-order valence-electron chi connectivity index (χ4n) is 3.70. The number of aryl methyl sites for hydroxylation is 1. The molecule has 0 saturated carbocycles. The van der Waals surface area contributed by atoms with Crippen LogP contribution in [-0.2, 0) is 0 Å². The molecule has 1 aliphatic rings. The molecule has 0 unspecified atom stereocenters. The van der Waals surface area contributed by atoms with E-state index < -0.39 is 0 Å². The van der Waals surface area contributed by atoms with Crippen LogP contribution in [-0.4, -0.2) is 30.1 Å². The van der Waals surface area contributed by atoms with Gasteiger partial charge in [-0.2, -0.15) is 0 Å². The molecule has 2 heterocycles. The molecule has 0 spiro atoms. The topological polar surface area (TPSA) is 57.3 Å². The van der Waals surface area contributed by atoms with E-state index in [-0.39, 0.29) is 17.9 Å². The Morgan fingerprint density at radius 2 is 1.82 bits per heavy atom. The first-order chi connectivity index (χ1) is 13.6. The number of aromatic nitrogens is 1. The van der Waals surface area contributed by atoms with Crippen molar-refractivity contribution in [3.05, 3.63) is 66.1 Å². The molecule has 3 aromatic rings. The molecule has 5 nitrogen and oxygen atoms in total. The Bertz CT molecular complexity index is 981. The minimum Gasteiger partial charge on any atom is -0.371 e. The number of anilines is 2. The van der Waals surface area contributed by atoms with E-state index in [0.29, 0.717) is 5.69 Å². The third-order valence-corrected chi connectivity index (χ3v) is 5.10. The number of rotatable bonds is 3. The van der Waals surface area contributed by atoms with E-state index >= 15 is 0 Å². The molecule has 28 heavy (non-hydrogen) atoms. The number of para-hydroxylation sites is 1. The largest absolute Gasteiger partial charge is 0.371 e. The van der Waals surface area contributed by atoms with Gasteiger partial charge in [0.1, 0.15) is 5.82 Å². The zero-order valence-corrected chi connectivity index (χ0v) is 15.8. The van der Waals surface area contributed by atoms with Gasteiger partial charge in [0.2, 0.25) is 0 Å². The van der Waals surface area contributed by atoms with Crippen molar-refractivity contribution in [3.8, 4) is 0 Å². The molecule has 144 valence electrons. The lowest BCUT2D eigenvalue weighted by Crippen LogP contribution is -2.46.